The van der Waals surface area contributed by atoms with Gasteiger partial charge in [0.1, 0.15) is 0 Å². The molecule has 0 spiro atoms. The van der Waals surface area contributed by atoms with Crippen LogP contribution in [0, 0.1) is 29.6 Å². The number of hydrogen-bond acceptors (Lipinski definition) is 4. The molecule has 0 heterocycles. The number of methoxy groups -OCH3 is 1. The SMILES string of the molecule is CCN(CC)CC#CCC(CC#CCN(CC)CC)C(=O)OC. The fourth-order valence-electron chi connectivity index (χ4n) is 2.03. The third kappa shape index (κ3) is 10.00. The maximum Gasteiger partial charge on any atom is 0.310 e. The highest BCUT2D eigenvalue weighted by Crippen LogP contribution is 2.09. The molecule has 0 unspecified atom stereocenters. The van der Waals surface area contributed by atoms with Crippen molar-refractivity contribution in [3.63, 3.8) is 0 Å². The second-order valence-electron chi connectivity index (χ2n) is 5.26. The van der Waals surface area contributed by atoms with Gasteiger partial charge in [-0.25, -0.2) is 0 Å². The Morgan fingerprint density at radius 1 is 0.826 bits per heavy atom. The molecule has 0 amide bonds. The molecule has 0 aliphatic heterocycles. The summed E-state index contributed by atoms with van der Waals surface area (Å²) in [7, 11) is 1.42. The highest BCUT2D eigenvalue weighted by atomic mass is 16.5. The van der Waals surface area contributed by atoms with E-state index in [1.54, 1.807) is 0 Å². The van der Waals surface area contributed by atoms with Gasteiger partial charge in [-0.15, -0.1) is 11.8 Å². The van der Waals surface area contributed by atoms with Crippen LogP contribution in [0.4, 0.5) is 0 Å². The van der Waals surface area contributed by atoms with Crippen LogP contribution in [0.5, 0.6) is 0 Å². The van der Waals surface area contributed by atoms with Crippen LogP contribution >= 0.6 is 0 Å². The summed E-state index contributed by atoms with van der Waals surface area (Å²) in [6.07, 6.45) is 1.02. The molecule has 0 fully saturated rings. The van der Waals surface area contributed by atoms with Crippen LogP contribution in [-0.2, 0) is 9.53 Å². The van der Waals surface area contributed by atoms with E-state index in [1.807, 2.05) is 0 Å². The molecule has 0 aromatic rings. The third-order valence-corrected chi connectivity index (χ3v) is 3.88. The lowest BCUT2D eigenvalue weighted by Gasteiger charge is -2.13. The molecule has 0 radical (unpaired) electrons. The molecule has 0 aliphatic carbocycles. The van der Waals surface area contributed by atoms with Crippen molar-refractivity contribution in [1.82, 2.24) is 9.80 Å². The van der Waals surface area contributed by atoms with E-state index in [1.165, 1.54) is 7.11 Å². The molecule has 4 nitrogen and oxygen atoms in total. The molecule has 0 saturated carbocycles. The molecule has 0 bridgehead atoms. The molecule has 0 rings (SSSR count). The molecule has 0 atom stereocenters. The first-order valence-electron chi connectivity index (χ1n) is 8.56. The molecule has 23 heavy (non-hydrogen) atoms. The number of carbonyl (C=O) groups excluding carboxylic acids is 1. The predicted octanol–water partition coefficient (Wildman–Crippen LogP) is 2.25. The van der Waals surface area contributed by atoms with E-state index in [0.29, 0.717) is 12.8 Å². The van der Waals surface area contributed by atoms with E-state index in [-0.39, 0.29) is 11.9 Å². The number of carbonyl (C=O) groups is 1. The van der Waals surface area contributed by atoms with Gasteiger partial charge in [0.2, 0.25) is 0 Å². The zero-order valence-electron chi connectivity index (χ0n) is 15.4. The summed E-state index contributed by atoms with van der Waals surface area (Å²) in [5.74, 6) is 12.0. The fraction of sp³-hybridized carbons (Fsp3) is 0.737. The van der Waals surface area contributed by atoms with Crippen LogP contribution in [0.15, 0.2) is 0 Å². The predicted molar refractivity (Wildman–Crippen MR) is 95.9 cm³/mol. The maximum absolute atomic E-state index is 11.8. The first kappa shape index (κ1) is 21.5. The van der Waals surface area contributed by atoms with Crippen LogP contribution in [-0.4, -0.2) is 62.1 Å². The lowest BCUT2D eigenvalue weighted by Crippen LogP contribution is -2.23. The lowest BCUT2D eigenvalue weighted by molar-refractivity contribution is -0.145. The van der Waals surface area contributed by atoms with Crippen molar-refractivity contribution >= 4 is 5.97 Å². The van der Waals surface area contributed by atoms with Crippen molar-refractivity contribution in [1.29, 1.82) is 0 Å². The van der Waals surface area contributed by atoms with Crippen molar-refractivity contribution in [3.8, 4) is 23.7 Å². The van der Waals surface area contributed by atoms with Crippen molar-refractivity contribution in [2.75, 3.05) is 46.4 Å². The average Bonchev–Trinajstić information content (AvgIpc) is 2.59. The number of esters is 1. The van der Waals surface area contributed by atoms with Crippen LogP contribution in [0.2, 0.25) is 0 Å². The quantitative estimate of drug-likeness (QED) is 0.482. The van der Waals surface area contributed by atoms with E-state index < -0.39 is 0 Å². The second-order valence-corrected chi connectivity index (χ2v) is 5.26. The van der Waals surface area contributed by atoms with Crippen LogP contribution in [0.1, 0.15) is 40.5 Å². The lowest BCUT2D eigenvalue weighted by atomic mass is 10.0. The van der Waals surface area contributed by atoms with E-state index in [2.05, 4.69) is 61.2 Å². The first-order valence-corrected chi connectivity index (χ1v) is 8.56. The minimum Gasteiger partial charge on any atom is -0.469 e. The number of hydrogen-bond donors (Lipinski definition) is 0. The third-order valence-electron chi connectivity index (χ3n) is 3.88. The minimum absolute atomic E-state index is 0.223. The Morgan fingerprint density at radius 2 is 1.22 bits per heavy atom. The standard InChI is InChI=1S/C19H32N2O2/c1-6-20(7-2)16-12-10-14-18(19(22)23-5)15-11-13-17-21(8-3)9-4/h18H,6-9,14-17H2,1-5H3. The Morgan fingerprint density at radius 3 is 1.52 bits per heavy atom. The first-order chi connectivity index (χ1) is 11.1. The topological polar surface area (TPSA) is 32.8 Å². The Kier molecular flexibility index (Phi) is 13.2. The van der Waals surface area contributed by atoms with Gasteiger partial charge in [0, 0.05) is 12.8 Å². The zero-order chi connectivity index (χ0) is 17.5. The highest BCUT2D eigenvalue weighted by molar-refractivity contribution is 5.73. The Hall–Kier alpha value is -1.49. The molecular formula is C19H32N2O2. The smallest absolute Gasteiger partial charge is 0.310 e. The number of nitrogens with zero attached hydrogens (tertiary/aromatic N) is 2. The van der Waals surface area contributed by atoms with Crippen LogP contribution in [0.25, 0.3) is 0 Å². The second kappa shape index (κ2) is 14.1. The molecular weight excluding hydrogens is 288 g/mol. The molecule has 0 saturated heterocycles. The Labute approximate surface area is 142 Å². The monoisotopic (exact) mass is 320 g/mol. The van der Waals surface area contributed by atoms with Gasteiger partial charge in [0.15, 0.2) is 0 Å². The molecule has 0 aromatic heterocycles. The van der Waals surface area contributed by atoms with Gasteiger partial charge in [-0.1, -0.05) is 39.5 Å². The van der Waals surface area contributed by atoms with Crippen molar-refractivity contribution in [2.24, 2.45) is 5.92 Å². The van der Waals surface area contributed by atoms with Crippen molar-refractivity contribution in [2.45, 2.75) is 40.5 Å². The summed E-state index contributed by atoms with van der Waals surface area (Å²) in [4.78, 5) is 16.3. The van der Waals surface area contributed by atoms with E-state index in [0.717, 1.165) is 39.3 Å². The Bertz CT molecular complexity index is 398. The van der Waals surface area contributed by atoms with Gasteiger partial charge in [-0.3, -0.25) is 14.6 Å². The summed E-state index contributed by atoms with van der Waals surface area (Å²) < 4.78 is 4.86. The molecule has 0 aliphatic rings. The Balaban J connectivity index is 4.47. The van der Waals surface area contributed by atoms with Gasteiger partial charge in [-0.2, -0.15) is 0 Å². The van der Waals surface area contributed by atoms with Gasteiger partial charge in [0.25, 0.3) is 0 Å². The molecule has 130 valence electrons. The van der Waals surface area contributed by atoms with Crippen LogP contribution < -0.4 is 0 Å². The summed E-state index contributed by atoms with van der Waals surface area (Å²) in [6.45, 7) is 13.9. The normalized spacial score (nSPS) is 10.3. The van der Waals surface area contributed by atoms with E-state index in [9.17, 15) is 4.79 Å². The van der Waals surface area contributed by atoms with Gasteiger partial charge < -0.3 is 4.74 Å². The van der Waals surface area contributed by atoms with E-state index in [4.69, 9.17) is 4.74 Å². The summed E-state index contributed by atoms with van der Waals surface area (Å²) in [6, 6.07) is 0. The highest BCUT2D eigenvalue weighted by Gasteiger charge is 2.16. The minimum atomic E-state index is -0.256. The number of rotatable bonds is 9. The largest absolute Gasteiger partial charge is 0.469 e. The number of ether oxygens (including phenoxy) is 1. The zero-order valence-corrected chi connectivity index (χ0v) is 15.4. The summed E-state index contributed by atoms with van der Waals surface area (Å²) in [5, 5.41) is 0. The van der Waals surface area contributed by atoms with Crippen molar-refractivity contribution in [3.05, 3.63) is 0 Å². The van der Waals surface area contributed by atoms with Gasteiger partial charge in [0.05, 0.1) is 26.1 Å². The van der Waals surface area contributed by atoms with Gasteiger partial charge >= 0.3 is 5.97 Å². The van der Waals surface area contributed by atoms with Crippen molar-refractivity contribution < 1.29 is 9.53 Å². The van der Waals surface area contributed by atoms with E-state index >= 15 is 0 Å². The maximum atomic E-state index is 11.8. The van der Waals surface area contributed by atoms with Crippen LogP contribution in [0.3, 0.4) is 0 Å². The summed E-state index contributed by atoms with van der Waals surface area (Å²) >= 11 is 0. The van der Waals surface area contributed by atoms with Gasteiger partial charge in [-0.05, 0) is 26.2 Å². The molecule has 4 heteroatoms. The fourth-order valence-corrected chi connectivity index (χ4v) is 2.03. The molecule has 0 N–H and O–H groups in total. The molecule has 0 aromatic carbocycles. The summed E-state index contributed by atoms with van der Waals surface area (Å²) in [5.41, 5.74) is 0. The average molecular weight is 320 g/mol.